The second-order valence-corrected chi connectivity index (χ2v) is 34.8. The number of furan rings is 2. The van der Waals surface area contributed by atoms with Crippen LogP contribution in [0.5, 0.6) is 0 Å². The van der Waals surface area contributed by atoms with Crippen LogP contribution in [0.1, 0.15) is 0 Å². The first-order chi connectivity index (χ1) is 68.4. The minimum Gasteiger partial charge on any atom is -0.456 e. The van der Waals surface area contributed by atoms with Crippen LogP contribution in [0.15, 0.2) is 494 Å². The van der Waals surface area contributed by atoms with E-state index < -0.39 is 0 Å². The van der Waals surface area contributed by atoms with Gasteiger partial charge < -0.3 is 27.1 Å². The van der Waals surface area contributed by atoms with Gasteiger partial charge in [-0.05, 0) is 170 Å². The van der Waals surface area contributed by atoms with Gasteiger partial charge in [0.15, 0.2) is 17.5 Å². The highest BCUT2D eigenvalue weighted by molar-refractivity contribution is 6.21. The van der Waals surface area contributed by atoms with Gasteiger partial charge in [-0.3, -0.25) is 0 Å². The Morgan fingerprint density at radius 1 is 0.130 bits per heavy atom. The summed E-state index contributed by atoms with van der Waals surface area (Å²) in [5.41, 5.74) is 32.0. The highest BCUT2D eigenvalue weighted by atomic mass is 16.3. The third kappa shape index (κ3) is 14.3. The van der Waals surface area contributed by atoms with Crippen LogP contribution in [0.3, 0.4) is 0 Å². The van der Waals surface area contributed by atoms with Gasteiger partial charge in [-0.1, -0.05) is 309 Å². The summed E-state index contributed by atoms with van der Waals surface area (Å²) in [6.07, 6.45) is 0. The lowest BCUT2D eigenvalue weighted by atomic mass is 10.1. The van der Waals surface area contributed by atoms with Gasteiger partial charge in [0, 0.05) is 144 Å². The average molecular weight is 1770 g/mol. The monoisotopic (exact) mass is 1760 g/mol. The fraction of sp³-hybridized carbons (Fsp3) is 0. The molecule has 0 fully saturated rings. The number of benzene rings is 19. The molecule has 28 rings (SSSR count). The predicted octanol–water partition coefficient (Wildman–Crippen LogP) is 32.6. The Labute approximate surface area is 792 Å². The molecular formula is C126H80N10O2. The Hall–Kier alpha value is -18.8. The first-order valence-corrected chi connectivity index (χ1v) is 46.4. The lowest BCUT2D eigenvalue weighted by Gasteiger charge is -2.11. The van der Waals surface area contributed by atoms with E-state index in [1.54, 1.807) is 0 Å². The number of hydrogen-bond donors (Lipinski definition) is 0. The number of rotatable bonds is 13. The second kappa shape index (κ2) is 33.8. The summed E-state index contributed by atoms with van der Waals surface area (Å²) in [6.45, 7) is 0. The average Bonchev–Trinajstić information content (AvgIpc) is 1.46. The molecule has 0 radical (unpaired) electrons. The van der Waals surface area contributed by atoms with Crippen LogP contribution in [0.2, 0.25) is 0 Å². The van der Waals surface area contributed by atoms with Crippen LogP contribution in [0.25, 0.3) is 256 Å². The Bertz CT molecular complexity index is 9350. The summed E-state index contributed by atoms with van der Waals surface area (Å²) in [5, 5.41) is 14.2. The van der Waals surface area contributed by atoms with E-state index in [-0.39, 0.29) is 0 Å². The van der Waals surface area contributed by atoms with E-state index >= 15 is 0 Å². The zero-order valence-electron chi connectivity index (χ0n) is 74.5. The molecule has 0 aliphatic rings. The van der Waals surface area contributed by atoms with Crippen molar-refractivity contribution in [1.29, 1.82) is 0 Å². The van der Waals surface area contributed by atoms with Crippen LogP contribution in [-0.2, 0) is 0 Å². The third-order valence-corrected chi connectivity index (χ3v) is 26.6. The van der Waals surface area contributed by atoms with Gasteiger partial charge in [-0.25, -0.2) is 29.9 Å². The van der Waals surface area contributed by atoms with E-state index in [0.717, 1.165) is 173 Å². The topological polar surface area (TPSA) is 123 Å². The van der Waals surface area contributed by atoms with Crippen molar-refractivity contribution in [2.75, 3.05) is 0 Å². The summed E-state index contributed by atoms with van der Waals surface area (Å²) in [7, 11) is 0. The number of hydrogen-bond acceptors (Lipinski definition) is 8. The molecule has 9 heterocycles. The molecular weight excluding hydrogens is 1690 g/mol. The standard InChI is InChI=1S/C46H30N4.2C40H25N3O/c1-4-14-31(15-5-1)40-30-41(32-16-6-2-7-17-32)48-46(47-40)33-24-26-35(27-25-33)50-43-23-13-11-21-37(43)39-28-44-38(29-45(39)50)36-20-10-12-22-42(36)49(44)34-18-8-3-9-19-34;1-3-11-26(12-4-1)34-25-35(27-13-5-2-6-14-27)42-40(41-34)28-19-21-29(22-20-28)43-36-17-9-7-15-30(36)32-24-39-33(23-37(32)43)31-16-8-10-18-38(31)44-39;1-3-11-26(12-4-1)34-24-35(27-13-5-2-6-14-27)42-40(41-34)28-19-21-29(22-20-28)43-36-17-9-7-15-30(36)32-23-33-31-16-8-10-18-38(31)44-39(33)25-37(32)43/h1-30H;2*1-25H. The van der Waals surface area contributed by atoms with E-state index in [9.17, 15) is 0 Å². The highest BCUT2D eigenvalue weighted by Gasteiger charge is 2.24. The smallest absolute Gasteiger partial charge is 0.160 e. The van der Waals surface area contributed by atoms with Crippen LogP contribution in [-0.4, -0.2) is 48.2 Å². The van der Waals surface area contributed by atoms with Gasteiger partial charge in [0.25, 0.3) is 0 Å². The zero-order valence-corrected chi connectivity index (χ0v) is 74.5. The van der Waals surface area contributed by atoms with Crippen molar-refractivity contribution in [2.45, 2.75) is 0 Å². The van der Waals surface area contributed by atoms with Gasteiger partial charge >= 0.3 is 0 Å². The minimum absolute atomic E-state index is 0.697. The number of aromatic nitrogens is 10. The van der Waals surface area contributed by atoms with Crippen molar-refractivity contribution in [2.24, 2.45) is 0 Å². The lowest BCUT2D eigenvalue weighted by molar-refractivity contribution is 0.669. The number of nitrogens with zero attached hydrogens (tertiary/aromatic N) is 10. The van der Waals surface area contributed by atoms with Crippen LogP contribution in [0.4, 0.5) is 0 Å². The molecule has 0 saturated heterocycles. The van der Waals surface area contributed by atoms with Crippen LogP contribution >= 0.6 is 0 Å². The fourth-order valence-corrected chi connectivity index (χ4v) is 20.0. The Balaban J connectivity index is 0.000000107. The van der Waals surface area contributed by atoms with E-state index in [2.05, 4.69) is 370 Å². The van der Waals surface area contributed by atoms with Crippen molar-refractivity contribution < 1.29 is 8.83 Å². The first-order valence-electron chi connectivity index (χ1n) is 46.4. The maximum absolute atomic E-state index is 6.29. The van der Waals surface area contributed by atoms with Gasteiger partial charge in [0.2, 0.25) is 0 Å². The van der Waals surface area contributed by atoms with E-state index in [4.69, 9.17) is 38.7 Å². The Morgan fingerprint density at radius 2 is 0.348 bits per heavy atom. The molecule has 0 amide bonds. The van der Waals surface area contributed by atoms with E-state index in [0.29, 0.717) is 17.5 Å². The fourth-order valence-electron chi connectivity index (χ4n) is 20.0. The molecule has 28 aromatic rings. The molecule has 0 spiro atoms. The van der Waals surface area contributed by atoms with Crippen LogP contribution in [0, 0.1) is 0 Å². The Kier molecular flexibility index (Phi) is 19.6. The van der Waals surface area contributed by atoms with Crippen LogP contribution < -0.4 is 0 Å². The van der Waals surface area contributed by atoms with Crippen molar-refractivity contribution >= 4 is 131 Å². The predicted molar refractivity (Wildman–Crippen MR) is 567 cm³/mol. The molecule has 0 bridgehead atoms. The van der Waals surface area contributed by atoms with E-state index in [1.807, 2.05) is 133 Å². The molecule has 0 aliphatic heterocycles. The second-order valence-electron chi connectivity index (χ2n) is 34.8. The summed E-state index contributed by atoms with van der Waals surface area (Å²) < 4.78 is 22.0. The summed E-state index contributed by atoms with van der Waals surface area (Å²) in [5.74, 6) is 2.10. The minimum atomic E-state index is 0.697. The molecule has 0 aliphatic carbocycles. The lowest BCUT2D eigenvalue weighted by Crippen LogP contribution is -1.97. The van der Waals surface area contributed by atoms with Gasteiger partial charge in [-0.2, -0.15) is 0 Å². The third-order valence-electron chi connectivity index (χ3n) is 26.6. The molecule has 9 aromatic heterocycles. The van der Waals surface area contributed by atoms with Gasteiger partial charge in [0.05, 0.1) is 78.3 Å². The SMILES string of the molecule is c1ccc(-c2cc(-c3ccccc3)nc(-c3ccc(-n4c5ccccc5c5cc6c(cc54)c4ccccc4n6-c4ccccc4)cc3)n2)cc1.c1ccc(-c2cc(-c3ccccc3)nc(-c3ccc(-n4c5ccccc5c5cc6c(cc54)oc4ccccc46)cc3)n2)cc1.c1ccc(-c2cc(-c3ccccc3)nc(-c3ccc(-n4c5ccccc5c5cc6oc7ccccc7c6cc54)cc3)n2)cc1. The maximum Gasteiger partial charge on any atom is 0.160 e. The molecule has 0 unspecified atom stereocenters. The highest BCUT2D eigenvalue weighted by Crippen LogP contribution is 2.45. The largest absolute Gasteiger partial charge is 0.456 e. The number of fused-ring (bicyclic) bond motifs is 18. The summed E-state index contributed by atoms with van der Waals surface area (Å²) >= 11 is 0. The van der Waals surface area contributed by atoms with Gasteiger partial charge in [-0.15, -0.1) is 0 Å². The van der Waals surface area contributed by atoms with E-state index in [1.165, 1.54) is 65.2 Å². The molecule has 0 N–H and O–H groups in total. The maximum atomic E-state index is 6.29. The molecule has 12 nitrogen and oxygen atoms in total. The normalized spacial score (nSPS) is 11.6. The van der Waals surface area contributed by atoms with Crippen molar-refractivity contribution in [1.82, 2.24) is 48.2 Å². The molecule has 138 heavy (non-hydrogen) atoms. The zero-order chi connectivity index (χ0) is 91.1. The molecule has 0 atom stereocenters. The van der Waals surface area contributed by atoms with Crippen molar-refractivity contribution in [3.8, 4) is 124 Å². The van der Waals surface area contributed by atoms with Crippen molar-refractivity contribution in [3.05, 3.63) is 485 Å². The van der Waals surface area contributed by atoms with Crippen molar-refractivity contribution in [3.63, 3.8) is 0 Å². The summed E-state index contributed by atoms with van der Waals surface area (Å²) in [6, 6.07) is 169. The molecule has 12 heteroatoms. The quantitative estimate of drug-likeness (QED) is 0.112. The Morgan fingerprint density at radius 3 is 0.652 bits per heavy atom. The number of para-hydroxylation sites is 7. The molecule has 646 valence electrons. The van der Waals surface area contributed by atoms with Gasteiger partial charge in [0.1, 0.15) is 22.3 Å². The first kappa shape index (κ1) is 80.1. The summed E-state index contributed by atoms with van der Waals surface area (Å²) in [4.78, 5) is 30.2. The molecule has 0 saturated carbocycles. The molecule has 19 aromatic carbocycles.